The van der Waals surface area contributed by atoms with Gasteiger partial charge in [-0.1, -0.05) is 18.2 Å². The normalized spacial score (nSPS) is 10.5. The molecule has 3 aromatic carbocycles. The highest BCUT2D eigenvalue weighted by Crippen LogP contribution is 2.36. The lowest BCUT2D eigenvalue weighted by Gasteiger charge is -2.08. The van der Waals surface area contributed by atoms with Gasteiger partial charge in [-0.3, -0.25) is 20.2 Å². The fraction of sp³-hybridized carbons (Fsp3) is 0.0800. The zero-order valence-electron chi connectivity index (χ0n) is 19.9. The Morgan fingerprint density at radius 2 is 1.50 bits per heavy atom. The van der Waals surface area contributed by atoms with Gasteiger partial charge >= 0.3 is 17.6 Å². The lowest BCUT2D eigenvalue weighted by molar-refractivity contribution is -0.394. The van der Waals surface area contributed by atoms with Gasteiger partial charge in [0.1, 0.15) is 17.0 Å². The molecule has 0 aliphatic rings. The highest BCUT2D eigenvalue weighted by Gasteiger charge is 2.31. The first-order valence-electron chi connectivity index (χ1n) is 10.8. The molecule has 38 heavy (non-hydrogen) atoms. The maximum absolute atomic E-state index is 12.8. The molecule has 1 heterocycles. The van der Waals surface area contributed by atoms with Crippen molar-refractivity contribution in [1.82, 2.24) is 9.78 Å². The van der Waals surface area contributed by atoms with E-state index in [1.54, 1.807) is 30.3 Å². The molecule has 0 N–H and O–H groups in total. The van der Waals surface area contributed by atoms with E-state index in [1.165, 1.54) is 43.2 Å². The van der Waals surface area contributed by atoms with Gasteiger partial charge in [0.25, 0.3) is 5.69 Å². The van der Waals surface area contributed by atoms with Crippen LogP contribution in [0.25, 0.3) is 16.9 Å². The monoisotopic (exact) mass is 518 g/mol. The molecule has 0 amide bonds. The van der Waals surface area contributed by atoms with Crippen molar-refractivity contribution in [2.45, 2.75) is 0 Å². The Morgan fingerprint density at radius 1 is 0.842 bits per heavy atom. The van der Waals surface area contributed by atoms with Gasteiger partial charge < -0.3 is 14.2 Å². The van der Waals surface area contributed by atoms with Gasteiger partial charge in [-0.15, -0.1) is 0 Å². The molecule has 0 unspecified atom stereocenters. The average molecular weight is 518 g/mol. The van der Waals surface area contributed by atoms with Crippen LogP contribution in [-0.4, -0.2) is 45.8 Å². The van der Waals surface area contributed by atoms with E-state index in [-0.39, 0.29) is 28.5 Å². The number of rotatable bonds is 8. The summed E-state index contributed by atoms with van der Waals surface area (Å²) in [6.45, 7) is 0. The molecule has 13 nitrogen and oxygen atoms in total. The summed E-state index contributed by atoms with van der Waals surface area (Å²) in [5.41, 5.74) is -0.282. The zero-order chi connectivity index (χ0) is 27.4. The number of hydrogen-bond acceptors (Lipinski definition) is 10. The first-order valence-corrected chi connectivity index (χ1v) is 10.8. The van der Waals surface area contributed by atoms with E-state index < -0.39 is 33.2 Å². The minimum Gasteiger partial charge on any atom is -0.465 e. The maximum atomic E-state index is 12.8. The molecule has 0 radical (unpaired) electrons. The summed E-state index contributed by atoms with van der Waals surface area (Å²) in [5.74, 6) is -1.66. The third kappa shape index (κ3) is 4.88. The summed E-state index contributed by atoms with van der Waals surface area (Å²) in [5, 5.41) is 26.8. The van der Waals surface area contributed by atoms with E-state index in [9.17, 15) is 29.8 Å². The van der Waals surface area contributed by atoms with E-state index >= 15 is 0 Å². The van der Waals surface area contributed by atoms with Crippen molar-refractivity contribution in [3.63, 3.8) is 0 Å². The highest BCUT2D eigenvalue weighted by molar-refractivity contribution is 6.06. The minimum absolute atomic E-state index is 0.119. The first kappa shape index (κ1) is 25.5. The number of benzene rings is 3. The Morgan fingerprint density at radius 3 is 2.08 bits per heavy atom. The number of ether oxygens (including phenoxy) is 3. The van der Waals surface area contributed by atoms with Gasteiger partial charge in [-0.25, -0.2) is 14.3 Å². The predicted molar refractivity (Wildman–Crippen MR) is 132 cm³/mol. The number of esters is 2. The highest BCUT2D eigenvalue weighted by atomic mass is 16.6. The molecule has 4 aromatic rings. The first-order chi connectivity index (χ1) is 18.2. The quantitative estimate of drug-likeness (QED) is 0.181. The molecule has 1 aromatic heterocycles. The molecule has 4 rings (SSSR count). The van der Waals surface area contributed by atoms with Crippen LogP contribution in [-0.2, 0) is 9.47 Å². The molecule has 13 heteroatoms. The Balaban J connectivity index is 1.77. The Hall–Kier alpha value is -5.59. The predicted octanol–water partition coefficient (Wildman–Crippen LogP) is 4.72. The van der Waals surface area contributed by atoms with E-state index in [0.29, 0.717) is 11.3 Å². The second kappa shape index (κ2) is 10.6. The lowest BCUT2D eigenvalue weighted by atomic mass is 10.1. The topological polar surface area (TPSA) is 166 Å². The van der Waals surface area contributed by atoms with Crippen LogP contribution in [0.4, 0.5) is 11.4 Å². The van der Waals surface area contributed by atoms with Gasteiger partial charge in [0.2, 0.25) is 5.75 Å². The fourth-order valence-corrected chi connectivity index (χ4v) is 3.61. The van der Waals surface area contributed by atoms with Crippen molar-refractivity contribution in [3.05, 3.63) is 104 Å². The third-order valence-electron chi connectivity index (χ3n) is 5.36. The molecule has 0 aliphatic carbocycles. The maximum Gasteiger partial charge on any atom is 0.357 e. The van der Waals surface area contributed by atoms with Crippen LogP contribution in [0, 0.1) is 20.2 Å². The molecule has 0 aliphatic heterocycles. The van der Waals surface area contributed by atoms with Gasteiger partial charge in [-0.05, 0) is 42.5 Å². The number of aromatic nitrogens is 2. The molecule has 0 atom stereocenters. The lowest BCUT2D eigenvalue weighted by Crippen LogP contribution is -2.15. The number of methoxy groups -OCH3 is 2. The number of para-hydroxylation sites is 1. The summed E-state index contributed by atoms with van der Waals surface area (Å²) in [6, 6.07) is 17.6. The van der Waals surface area contributed by atoms with E-state index in [2.05, 4.69) is 5.10 Å². The molecule has 192 valence electrons. The van der Waals surface area contributed by atoms with Crippen LogP contribution < -0.4 is 4.74 Å². The molecular formula is C25H18N4O9. The zero-order valence-corrected chi connectivity index (χ0v) is 19.9. The Bertz CT molecular complexity index is 1550. The van der Waals surface area contributed by atoms with Gasteiger partial charge in [0, 0.05) is 11.6 Å². The van der Waals surface area contributed by atoms with Crippen LogP contribution in [0.1, 0.15) is 20.8 Å². The summed E-state index contributed by atoms with van der Waals surface area (Å²) >= 11 is 0. The number of non-ortho nitro benzene ring substituents is 1. The average Bonchev–Trinajstić information content (AvgIpc) is 3.33. The van der Waals surface area contributed by atoms with Crippen molar-refractivity contribution in [1.29, 1.82) is 0 Å². The van der Waals surface area contributed by atoms with Gasteiger partial charge in [0.05, 0.1) is 35.8 Å². The molecule has 0 fully saturated rings. The van der Waals surface area contributed by atoms with Crippen LogP contribution in [0.5, 0.6) is 11.5 Å². The van der Waals surface area contributed by atoms with Crippen LogP contribution in [0.3, 0.4) is 0 Å². The van der Waals surface area contributed by atoms with Crippen molar-refractivity contribution in [3.8, 4) is 28.4 Å². The standard InChI is InChI=1S/C25H18N4O9/c1-36-24(30)21-22(26-27(23(21)25(31)37-2)16-6-4-3-5-7-16)15-8-11-18(12-9-15)38-20-13-10-17(28(32)33)14-19(20)29(34)35/h3-14H,1-2H3. The molecule has 0 saturated heterocycles. The Kier molecular flexibility index (Phi) is 7.10. The summed E-state index contributed by atoms with van der Waals surface area (Å²) in [6.07, 6.45) is 0. The van der Waals surface area contributed by atoms with E-state index in [1.807, 2.05) is 0 Å². The second-order valence-electron chi connectivity index (χ2n) is 7.60. The number of nitrogens with zero attached hydrogens (tertiary/aromatic N) is 4. The van der Waals surface area contributed by atoms with Crippen molar-refractivity contribution >= 4 is 23.3 Å². The van der Waals surface area contributed by atoms with Gasteiger partial charge in [0.15, 0.2) is 5.69 Å². The van der Waals surface area contributed by atoms with Crippen molar-refractivity contribution in [2.75, 3.05) is 14.2 Å². The number of carbonyl (C=O) groups is 2. The van der Waals surface area contributed by atoms with Crippen LogP contribution in [0.15, 0.2) is 72.8 Å². The molecule has 0 spiro atoms. The van der Waals surface area contributed by atoms with E-state index in [4.69, 9.17) is 14.2 Å². The molecule has 0 saturated carbocycles. The largest absolute Gasteiger partial charge is 0.465 e. The smallest absolute Gasteiger partial charge is 0.357 e. The summed E-state index contributed by atoms with van der Waals surface area (Å²) in [4.78, 5) is 46.3. The summed E-state index contributed by atoms with van der Waals surface area (Å²) < 4.78 is 16.7. The van der Waals surface area contributed by atoms with E-state index in [0.717, 1.165) is 18.2 Å². The third-order valence-corrected chi connectivity index (χ3v) is 5.36. The molecule has 0 bridgehead atoms. The van der Waals surface area contributed by atoms with Crippen LogP contribution >= 0.6 is 0 Å². The second-order valence-corrected chi connectivity index (χ2v) is 7.60. The van der Waals surface area contributed by atoms with Crippen molar-refractivity contribution in [2.24, 2.45) is 0 Å². The number of nitro benzene ring substituents is 2. The van der Waals surface area contributed by atoms with Gasteiger partial charge in [-0.2, -0.15) is 5.10 Å². The Labute approximate surface area is 214 Å². The van der Waals surface area contributed by atoms with Crippen LogP contribution in [0.2, 0.25) is 0 Å². The molecular weight excluding hydrogens is 500 g/mol. The number of nitro groups is 2. The SMILES string of the molecule is COC(=O)c1c(-c2ccc(Oc3ccc([N+](=O)[O-])cc3[N+](=O)[O-])cc2)nn(-c2ccccc2)c1C(=O)OC. The number of hydrogen-bond donors (Lipinski definition) is 0. The fourth-order valence-electron chi connectivity index (χ4n) is 3.61. The van der Waals surface area contributed by atoms with Crippen molar-refractivity contribution < 1.29 is 33.6 Å². The minimum atomic E-state index is -0.815. The number of carbonyl (C=O) groups excluding carboxylic acids is 2. The summed E-state index contributed by atoms with van der Waals surface area (Å²) in [7, 11) is 2.34.